The molecule has 0 amide bonds. The molecular formula is C10H12BrClN2. The number of hydrogen-bond donors (Lipinski definition) is 1. The second kappa shape index (κ2) is 4.49. The predicted octanol–water partition coefficient (Wildman–Crippen LogP) is 3.71. The first kappa shape index (κ1) is 10.2. The molecule has 4 heteroatoms. The van der Waals surface area contributed by atoms with Gasteiger partial charge in [0.15, 0.2) is 0 Å². The van der Waals surface area contributed by atoms with E-state index < -0.39 is 0 Å². The van der Waals surface area contributed by atoms with Crippen LogP contribution in [-0.4, -0.2) is 11.5 Å². The maximum absolute atomic E-state index is 5.86. The van der Waals surface area contributed by atoms with Gasteiger partial charge in [-0.1, -0.05) is 18.0 Å². The molecule has 1 aromatic heterocycles. The van der Waals surface area contributed by atoms with Crippen LogP contribution in [0.4, 0.5) is 5.69 Å². The van der Waals surface area contributed by atoms with Gasteiger partial charge in [0.25, 0.3) is 0 Å². The fraction of sp³-hybridized carbons (Fsp3) is 0.500. The zero-order chi connectivity index (χ0) is 9.97. The quantitative estimate of drug-likeness (QED) is 0.851. The first-order valence-electron chi connectivity index (χ1n) is 4.80. The van der Waals surface area contributed by atoms with E-state index in [1.807, 2.05) is 6.07 Å². The van der Waals surface area contributed by atoms with Crippen molar-refractivity contribution in [3.63, 3.8) is 0 Å². The van der Waals surface area contributed by atoms with Gasteiger partial charge >= 0.3 is 0 Å². The van der Waals surface area contributed by atoms with E-state index in [0.29, 0.717) is 5.02 Å². The summed E-state index contributed by atoms with van der Waals surface area (Å²) in [7, 11) is 0. The third-order valence-corrected chi connectivity index (χ3v) is 3.45. The van der Waals surface area contributed by atoms with Gasteiger partial charge in [0.1, 0.15) is 4.60 Å². The molecule has 0 atom stereocenters. The standard InChI is InChI=1S/C10H12BrClN2/c11-10-9(4-8(12)6-14-10)13-5-7-2-1-3-7/h4,6-7,13H,1-3,5H2. The normalized spacial score (nSPS) is 16.4. The molecule has 0 unspecified atom stereocenters. The molecule has 0 saturated heterocycles. The van der Waals surface area contributed by atoms with Crippen molar-refractivity contribution in [2.75, 3.05) is 11.9 Å². The topological polar surface area (TPSA) is 24.9 Å². The van der Waals surface area contributed by atoms with Gasteiger partial charge in [0.05, 0.1) is 10.7 Å². The third-order valence-electron chi connectivity index (χ3n) is 2.61. The van der Waals surface area contributed by atoms with Crippen LogP contribution in [0.5, 0.6) is 0 Å². The number of anilines is 1. The Bertz CT molecular complexity index is 326. The van der Waals surface area contributed by atoms with Gasteiger partial charge in [0.2, 0.25) is 0 Å². The number of rotatable bonds is 3. The first-order chi connectivity index (χ1) is 6.75. The smallest absolute Gasteiger partial charge is 0.129 e. The third kappa shape index (κ3) is 2.39. The van der Waals surface area contributed by atoms with E-state index in [-0.39, 0.29) is 0 Å². The monoisotopic (exact) mass is 274 g/mol. The van der Waals surface area contributed by atoms with Gasteiger partial charge in [-0.3, -0.25) is 0 Å². The minimum Gasteiger partial charge on any atom is -0.383 e. The van der Waals surface area contributed by atoms with Crippen molar-refractivity contribution in [3.05, 3.63) is 21.9 Å². The number of hydrogen-bond acceptors (Lipinski definition) is 2. The van der Waals surface area contributed by atoms with Gasteiger partial charge in [-0.05, 0) is 40.8 Å². The van der Waals surface area contributed by atoms with Crippen molar-refractivity contribution in [3.8, 4) is 0 Å². The summed E-state index contributed by atoms with van der Waals surface area (Å²) in [6.07, 6.45) is 5.71. The van der Waals surface area contributed by atoms with Crippen LogP contribution in [-0.2, 0) is 0 Å². The van der Waals surface area contributed by atoms with Crippen molar-refractivity contribution < 1.29 is 0 Å². The maximum atomic E-state index is 5.86. The van der Waals surface area contributed by atoms with Gasteiger partial charge in [0, 0.05) is 12.7 Å². The van der Waals surface area contributed by atoms with Crippen molar-refractivity contribution in [2.45, 2.75) is 19.3 Å². The minimum atomic E-state index is 0.671. The largest absolute Gasteiger partial charge is 0.383 e. The first-order valence-corrected chi connectivity index (χ1v) is 5.98. The lowest BCUT2D eigenvalue weighted by Crippen LogP contribution is -2.21. The van der Waals surface area contributed by atoms with Crippen molar-refractivity contribution >= 4 is 33.2 Å². The van der Waals surface area contributed by atoms with Crippen LogP contribution < -0.4 is 5.32 Å². The van der Waals surface area contributed by atoms with E-state index in [1.54, 1.807) is 6.20 Å². The van der Waals surface area contributed by atoms with Crippen molar-refractivity contribution in [1.82, 2.24) is 4.98 Å². The number of aromatic nitrogens is 1. The summed E-state index contributed by atoms with van der Waals surface area (Å²) < 4.78 is 0.834. The molecule has 0 spiro atoms. The van der Waals surface area contributed by atoms with Gasteiger partial charge in [-0.25, -0.2) is 4.98 Å². The van der Waals surface area contributed by atoms with E-state index in [9.17, 15) is 0 Å². The summed E-state index contributed by atoms with van der Waals surface area (Å²) in [6.45, 7) is 1.03. The molecule has 1 saturated carbocycles. The lowest BCUT2D eigenvalue weighted by molar-refractivity contribution is 0.333. The molecule has 0 aromatic carbocycles. The molecule has 2 rings (SSSR count). The summed E-state index contributed by atoms with van der Waals surface area (Å²) >= 11 is 9.24. The Morgan fingerprint density at radius 1 is 1.57 bits per heavy atom. The average molecular weight is 276 g/mol. The molecule has 0 radical (unpaired) electrons. The summed E-state index contributed by atoms with van der Waals surface area (Å²) in [6, 6.07) is 1.90. The second-order valence-electron chi connectivity index (χ2n) is 3.67. The summed E-state index contributed by atoms with van der Waals surface area (Å²) in [4.78, 5) is 4.12. The van der Waals surface area contributed by atoms with E-state index in [2.05, 4.69) is 26.2 Å². The van der Waals surface area contributed by atoms with E-state index in [4.69, 9.17) is 11.6 Å². The molecule has 1 aliphatic carbocycles. The molecule has 1 heterocycles. The predicted molar refractivity (Wildman–Crippen MR) is 62.8 cm³/mol. The Hall–Kier alpha value is -0.280. The highest BCUT2D eigenvalue weighted by molar-refractivity contribution is 9.10. The van der Waals surface area contributed by atoms with Gasteiger partial charge < -0.3 is 5.32 Å². The second-order valence-corrected chi connectivity index (χ2v) is 4.86. The van der Waals surface area contributed by atoms with Gasteiger partial charge in [-0.15, -0.1) is 0 Å². The van der Waals surface area contributed by atoms with Crippen LogP contribution >= 0.6 is 27.5 Å². The number of nitrogens with one attached hydrogen (secondary N) is 1. The van der Waals surface area contributed by atoms with Crippen molar-refractivity contribution in [2.24, 2.45) is 5.92 Å². The van der Waals surface area contributed by atoms with Crippen molar-refractivity contribution in [1.29, 1.82) is 0 Å². The molecule has 2 nitrogen and oxygen atoms in total. The molecule has 1 aromatic rings. The summed E-state index contributed by atoms with van der Waals surface area (Å²) in [5.74, 6) is 0.834. The lowest BCUT2D eigenvalue weighted by atomic mass is 9.85. The SMILES string of the molecule is Clc1cnc(Br)c(NCC2CCC2)c1. The Balaban J connectivity index is 1.96. The van der Waals surface area contributed by atoms with E-state index in [0.717, 1.165) is 22.8 Å². The van der Waals surface area contributed by atoms with E-state index in [1.165, 1.54) is 19.3 Å². The Morgan fingerprint density at radius 2 is 2.36 bits per heavy atom. The Kier molecular flexibility index (Phi) is 3.29. The lowest BCUT2D eigenvalue weighted by Gasteiger charge is -2.26. The summed E-state index contributed by atoms with van der Waals surface area (Å²) in [5, 5.41) is 4.03. The Morgan fingerprint density at radius 3 is 3.00 bits per heavy atom. The van der Waals surface area contributed by atoms with Crippen LogP contribution in [0, 0.1) is 5.92 Å². The fourth-order valence-electron chi connectivity index (χ4n) is 1.50. The molecule has 76 valence electrons. The van der Waals surface area contributed by atoms with Crippen LogP contribution in [0.25, 0.3) is 0 Å². The fourth-order valence-corrected chi connectivity index (χ4v) is 2.01. The van der Waals surface area contributed by atoms with Crippen LogP contribution in [0.3, 0.4) is 0 Å². The maximum Gasteiger partial charge on any atom is 0.129 e. The number of halogens is 2. The molecule has 0 bridgehead atoms. The zero-order valence-corrected chi connectivity index (χ0v) is 10.1. The zero-order valence-electron chi connectivity index (χ0n) is 7.76. The molecular weight excluding hydrogens is 263 g/mol. The van der Waals surface area contributed by atoms with Crippen LogP contribution in [0.1, 0.15) is 19.3 Å². The van der Waals surface area contributed by atoms with E-state index >= 15 is 0 Å². The van der Waals surface area contributed by atoms with Crippen LogP contribution in [0.2, 0.25) is 5.02 Å². The minimum absolute atomic E-state index is 0.671. The van der Waals surface area contributed by atoms with Crippen LogP contribution in [0.15, 0.2) is 16.9 Å². The number of nitrogens with zero attached hydrogens (tertiary/aromatic N) is 1. The molecule has 1 N–H and O–H groups in total. The molecule has 14 heavy (non-hydrogen) atoms. The Labute approximate surface area is 97.2 Å². The molecule has 1 fully saturated rings. The summed E-state index contributed by atoms with van der Waals surface area (Å²) in [5.41, 5.74) is 0.990. The number of pyridine rings is 1. The highest BCUT2D eigenvalue weighted by Crippen LogP contribution is 2.28. The average Bonchev–Trinajstić information content (AvgIpc) is 2.08. The van der Waals surface area contributed by atoms with Gasteiger partial charge in [-0.2, -0.15) is 0 Å². The molecule has 1 aliphatic rings. The molecule has 0 aliphatic heterocycles. The highest BCUT2D eigenvalue weighted by Gasteiger charge is 2.17. The highest BCUT2D eigenvalue weighted by atomic mass is 79.9.